The van der Waals surface area contributed by atoms with Crippen molar-refractivity contribution in [1.29, 1.82) is 0 Å². The first kappa shape index (κ1) is 17.9. The van der Waals surface area contributed by atoms with E-state index in [4.69, 9.17) is 9.84 Å². The molecule has 0 amide bonds. The fourth-order valence-corrected chi connectivity index (χ4v) is 2.15. The molecule has 21 heavy (non-hydrogen) atoms. The lowest BCUT2D eigenvalue weighted by Crippen LogP contribution is -2.22. The third-order valence-corrected chi connectivity index (χ3v) is 3.45. The molecule has 1 rings (SSSR count). The Bertz CT molecular complexity index is 398. The molecule has 0 radical (unpaired) electrons. The van der Waals surface area contributed by atoms with Crippen LogP contribution in [0.15, 0.2) is 18.2 Å². The zero-order chi connectivity index (χ0) is 15.5. The zero-order valence-electron chi connectivity index (χ0n) is 12.7. The fourth-order valence-electron chi connectivity index (χ4n) is 2.15. The van der Waals surface area contributed by atoms with Crippen molar-refractivity contribution >= 4 is 0 Å². The Morgan fingerprint density at radius 2 is 1.95 bits per heavy atom. The predicted molar refractivity (Wildman–Crippen MR) is 82.2 cm³/mol. The summed E-state index contributed by atoms with van der Waals surface area (Å²) in [5.74, 6) is 0.0532. The molecule has 0 spiro atoms. The van der Waals surface area contributed by atoms with Gasteiger partial charge in [0, 0.05) is 25.8 Å². The lowest BCUT2D eigenvalue weighted by molar-refractivity contribution is 0.174. The number of phenols is 1. The molecule has 0 aliphatic heterocycles. The molecule has 5 nitrogen and oxygen atoms in total. The topological polar surface area (TPSA) is 82.0 Å². The van der Waals surface area contributed by atoms with Gasteiger partial charge in [-0.05, 0) is 37.1 Å². The first-order valence-electron chi connectivity index (χ1n) is 7.49. The van der Waals surface area contributed by atoms with Gasteiger partial charge in [0.15, 0.2) is 0 Å². The molecule has 4 N–H and O–H groups in total. The zero-order valence-corrected chi connectivity index (χ0v) is 12.7. The van der Waals surface area contributed by atoms with Crippen LogP contribution >= 0.6 is 0 Å². The number of ether oxygens (including phenoxy) is 1. The Hall–Kier alpha value is -1.14. The highest BCUT2D eigenvalue weighted by atomic mass is 16.5. The van der Waals surface area contributed by atoms with Crippen molar-refractivity contribution in [3.8, 4) is 5.75 Å². The van der Waals surface area contributed by atoms with Crippen LogP contribution in [0, 0.1) is 0 Å². The maximum Gasteiger partial charge on any atom is 0.121 e. The van der Waals surface area contributed by atoms with Crippen LogP contribution in [0.3, 0.4) is 0 Å². The number of unbranched alkanes of at least 4 members (excludes halogenated alkanes) is 3. The number of aliphatic hydroxyl groups is 2. The molecule has 1 atom stereocenters. The fraction of sp³-hybridized carbons (Fsp3) is 0.625. The van der Waals surface area contributed by atoms with Crippen LogP contribution in [-0.4, -0.2) is 42.1 Å². The largest absolute Gasteiger partial charge is 0.508 e. The molecule has 0 saturated carbocycles. The maximum atomic E-state index is 10.1. The van der Waals surface area contributed by atoms with Crippen LogP contribution in [0.2, 0.25) is 0 Å². The summed E-state index contributed by atoms with van der Waals surface area (Å²) in [6.07, 6.45) is 3.85. The van der Waals surface area contributed by atoms with Crippen LogP contribution in [-0.2, 0) is 11.3 Å². The summed E-state index contributed by atoms with van der Waals surface area (Å²) >= 11 is 0. The second-order valence-electron chi connectivity index (χ2n) is 5.17. The van der Waals surface area contributed by atoms with E-state index >= 15 is 0 Å². The van der Waals surface area contributed by atoms with Gasteiger partial charge in [-0.2, -0.15) is 0 Å². The number of nitrogens with one attached hydrogen (secondary N) is 1. The molecule has 1 unspecified atom stereocenters. The molecule has 0 aromatic heterocycles. The van der Waals surface area contributed by atoms with Crippen molar-refractivity contribution in [1.82, 2.24) is 5.32 Å². The van der Waals surface area contributed by atoms with E-state index in [1.54, 1.807) is 19.2 Å². The number of hydrogen-bond acceptors (Lipinski definition) is 5. The van der Waals surface area contributed by atoms with Crippen LogP contribution in [0.1, 0.15) is 42.9 Å². The van der Waals surface area contributed by atoms with Crippen molar-refractivity contribution in [2.75, 3.05) is 26.8 Å². The van der Waals surface area contributed by atoms with Crippen molar-refractivity contribution in [2.45, 2.75) is 38.4 Å². The van der Waals surface area contributed by atoms with Gasteiger partial charge in [-0.1, -0.05) is 18.9 Å². The number of aliphatic hydroxyl groups excluding tert-OH is 2. The average molecular weight is 297 g/mol. The molecule has 0 bridgehead atoms. The molecular weight excluding hydrogens is 270 g/mol. The lowest BCUT2D eigenvalue weighted by atomic mass is 10.1. The van der Waals surface area contributed by atoms with E-state index < -0.39 is 6.10 Å². The highest BCUT2D eigenvalue weighted by molar-refractivity contribution is 5.36. The lowest BCUT2D eigenvalue weighted by Gasteiger charge is -2.13. The van der Waals surface area contributed by atoms with E-state index in [1.807, 2.05) is 0 Å². The number of aromatic hydroxyl groups is 1. The summed E-state index contributed by atoms with van der Waals surface area (Å²) in [7, 11) is 1.72. The second kappa shape index (κ2) is 10.6. The highest BCUT2D eigenvalue weighted by Gasteiger charge is 2.09. The molecule has 0 saturated heterocycles. The monoisotopic (exact) mass is 297 g/mol. The second-order valence-corrected chi connectivity index (χ2v) is 5.17. The van der Waals surface area contributed by atoms with Crippen molar-refractivity contribution in [2.24, 2.45) is 0 Å². The average Bonchev–Trinajstić information content (AvgIpc) is 2.50. The van der Waals surface area contributed by atoms with Crippen LogP contribution in [0.4, 0.5) is 0 Å². The van der Waals surface area contributed by atoms with Gasteiger partial charge in [-0.15, -0.1) is 0 Å². The number of benzene rings is 1. The third-order valence-electron chi connectivity index (χ3n) is 3.45. The highest BCUT2D eigenvalue weighted by Crippen LogP contribution is 2.22. The minimum absolute atomic E-state index is 0.0532. The molecule has 0 aliphatic carbocycles. The van der Waals surface area contributed by atoms with Crippen LogP contribution in [0.5, 0.6) is 5.75 Å². The minimum atomic E-state index is -0.635. The Balaban J connectivity index is 2.20. The third kappa shape index (κ3) is 6.91. The van der Waals surface area contributed by atoms with Gasteiger partial charge in [0.2, 0.25) is 0 Å². The van der Waals surface area contributed by atoms with E-state index in [2.05, 4.69) is 5.32 Å². The minimum Gasteiger partial charge on any atom is -0.508 e. The van der Waals surface area contributed by atoms with Gasteiger partial charge in [-0.25, -0.2) is 0 Å². The van der Waals surface area contributed by atoms with Gasteiger partial charge < -0.3 is 25.4 Å². The summed E-state index contributed by atoms with van der Waals surface area (Å²) in [6.45, 7) is 1.92. The van der Waals surface area contributed by atoms with Crippen molar-refractivity contribution in [3.05, 3.63) is 29.3 Å². The SMILES string of the molecule is COCCCCCCNCC(O)c1ccc(O)c(CO)c1. The van der Waals surface area contributed by atoms with E-state index in [-0.39, 0.29) is 12.4 Å². The summed E-state index contributed by atoms with van der Waals surface area (Å²) in [5.41, 5.74) is 1.13. The Morgan fingerprint density at radius 1 is 1.19 bits per heavy atom. The number of methoxy groups -OCH3 is 1. The van der Waals surface area contributed by atoms with Gasteiger partial charge >= 0.3 is 0 Å². The van der Waals surface area contributed by atoms with Gasteiger partial charge in [0.1, 0.15) is 5.75 Å². The molecule has 5 heteroatoms. The van der Waals surface area contributed by atoms with E-state index in [9.17, 15) is 10.2 Å². The van der Waals surface area contributed by atoms with Crippen molar-refractivity contribution < 1.29 is 20.1 Å². The smallest absolute Gasteiger partial charge is 0.121 e. The van der Waals surface area contributed by atoms with E-state index in [0.717, 1.165) is 38.8 Å². The number of rotatable bonds is 11. The molecule has 0 aliphatic rings. The molecule has 0 heterocycles. The first-order chi connectivity index (χ1) is 10.2. The van der Waals surface area contributed by atoms with Gasteiger partial charge in [0.25, 0.3) is 0 Å². The standard InChI is InChI=1S/C16H27NO4/c1-21-9-5-3-2-4-8-17-11-16(20)13-6-7-15(19)14(10-13)12-18/h6-7,10,16-20H,2-5,8-9,11-12H2,1H3. The van der Waals surface area contributed by atoms with Crippen LogP contribution < -0.4 is 5.32 Å². The molecular formula is C16H27NO4. The summed E-state index contributed by atoms with van der Waals surface area (Å²) in [5, 5.41) is 31.9. The predicted octanol–water partition coefficient (Wildman–Crippen LogP) is 1.71. The number of hydrogen-bond donors (Lipinski definition) is 4. The van der Waals surface area contributed by atoms with Gasteiger partial charge in [0.05, 0.1) is 12.7 Å². The Kier molecular flexibility index (Phi) is 9.01. The van der Waals surface area contributed by atoms with Crippen molar-refractivity contribution in [3.63, 3.8) is 0 Å². The summed E-state index contributed by atoms with van der Waals surface area (Å²) in [4.78, 5) is 0. The quantitative estimate of drug-likeness (QED) is 0.468. The van der Waals surface area contributed by atoms with Gasteiger partial charge in [-0.3, -0.25) is 0 Å². The normalized spacial score (nSPS) is 12.5. The molecule has 120 valence electrons. The Morgan fingerprint density at radius 3 is 2.67 bits per heavy atom. The summed E-state index contributed by atoms with van der Waals surface area (Å²) < 4.78 is 4.99. The summed E-state index contributed by atoms with van der Waals surface area (Å²) in [6, 6.07) is 4.80. The maximum absolute atomic E-state index is 10.1. The van der Waals surface area contributed by atoms with E-state index in [0.29, 0.717) is 17.7 Å². The molecule has 1 aromatic rings. The first-order valence-corrected chi connectivity index (χ1v) is 7.49. The molecule has 1 aromatic carbocycles. The van der Waals surface area contributed by atoms with Crippen LogP contribution in [0.25, 0.3) is 0 Å². The molecule has 0 fully saturated rings. The Labute approximate surface area is 126 Å². The van der Waals surface area contributed by atoms with E-state index in [1.165, 1.54) is 6.07 Å².